The second kappa shape index (κ2) is 6.67. The third-order valence-electron chi connectivity index (χ3n) is 3.88. The maximum atomic E-state index is 4.77. The Morgan fingerprint density at radius 1 is 1.11 bits per heavy atom. The van der Waals surface area contributed by atoms with Crippen LogP contribution in [-0.4, -0.2) is 17.6 Å². The molecule has 0 aliphatic heterocycles. The second-order valence-electron chi connectivity index (χ2n) is 5.25. The predicted molar refractivity (Wildman–Crippen MR) is 82.4 cm³/mol. The van der Waals surface area contributed by atoms with Crippen LogP contribution < -0.4 is 5.32 Å². The van der Waals surface area contributed by atoms with Crippen LogP contribution in [0.2, 0.25) is 0 Å². The highest BCUT2D eigenvalue weighted by Gasteiger charge is 2.15. The Balaban J connectivity index is 2.18. The van der Waals surface area contributed by atoms with Gasteiger partial charge in [-0.05, 0) is 24.6 Å². The summed E-state index contributed by atoms with van der Waals surface area (Å²) >= 11 is 0. The molecule has 0 radical (unpaired) electrons. The van der Waals surface area contributed by atoms with Crippen LogP contribution in [0.4, 0.5) is 0 Å². The molecular formula is C17H24N2. The van der Waals surface area contributed by atoms with Gasteiger partial charge in [-0.3, -0.25) is 4.98 Å². The average molecular weight is 256 g/mol. The van der Waals surface area contributed by atoms with Gasteiger partial charge in [0.1, 0.15) is 0 Å². The van der Waals surface area contributed by atoms with Crippen LogP contribution >= 0.6 is 0 Å². The Bertz CT molecular complexity index is 521. The molecule has 2 unspecified atom stereocenters. The molecule has 2 heteroatoms. The van der Waals surface area contributed by atoms with Crippen molar-refractivity contribution in [2.24, 2.45) is 5.92 Å². The van der Waals surface area contributed by atoms with Gasteiger partial charge in [-0.1, -0.05) is 51.5 Å². The van der Waals surface area contributed by atoms with Gasteiger partial charge in [0.15, 0.2) is 0 Å². The molecule has 0 amide bonds. The van der Waals surface area contributed by atoms with Crippen molar-refractivity contribution in [1.82, 2.24) is 10.3 Å². The van der Waals surface area contributed by atoms with Crippen molar-refractivity contribution in [3.05, 3.63) is 42.1 Å². The zero-order chi connectivity index (χ0) is 13.7. The van der Waals surface area contributed by atoms with E-state index in [0.717, 1.165) is 18.5 Å². The van der Waals surface area contributed by atoms with Crippen molar-refractivity contribution < 1.29 is 0 Å². The van der Waals surface area contributed by atoms with E-state index in [1.165, 1.54) is 17.5 Å². The lowest BCUT2D eigenvalue weighted by molar-refractivity contribution is 0.369. The van der Waals surface area contributed by atoms with E-state index in [1.807, 2.05) is 0 Å². The molecule has 2 nitrogen and oxygen atoms in total. The van der Waals surface area contributed by atoms with E-state index < -0.39 is 0 Å². The molecule has 0 fully saturated rings. The zero-order valence-electron chi connectivity index (χ0n) is 12.2. The average Bonchev–Trinajstić information content (AvgIpc) is 2.46. The van der Waals surface area contributed by atoms with Gasteiger partial charge in [-0.2, -0.15) is 0 Å². The lowest BCUT2D eigenvalue weighted by Gasteiger charge is -2.23. The predicted octanol–water partition coefficient (Wildman–Crippen LogP) is 3.80. The number of rotatable bonds is 6. The van der Waals surface area contributed by atoms with Gasteiger partial charge >= 0.3 is 0 Å². The first-order chi connectivity index (χ1) is 9.24. The zero-order valence-corrected chi connectivity index (χ0v) is 12.2. The van der Waals surface area contributed by atoms with Crippen LogP contribution in [0.1, 0.15) is 32.9 Å². The normalized spacial score (nSPS) is 14.5. The van der Waals surface area contributed by atoms with Gasteiger partial charge in [0, 0.05) is 23.5 Å². The monoisotopic (exact) mass is 256 g/mol. The number of nitrogens with one attached hydrogen (secondary N) is 1. The van der Waals surface area contributed by atoms with Crippen molar-refractivity contribution in [2.45, 2.75) is 39.7 Å². The minimum absolute atomic E-state index is 0.517. The standard InChI is InChI=1S/C17H24N2/c1-4-13(3)17(18-5-2)12-15-11-10-14-8-6-7-9-16(14)19-15/h6-11,13,17-18H,4-5,12H2,1-3H3. The van der Waals surface area contributed by atoms with E-state index >= 15 is 0 Å². The summed E-state index contributed by atoms with van der Waals surface area (Å²) in [7, 11) is 0. The number of aromatic nitrogens is 1. The molecule has 102 valence electrons. The minimum atomic E-state index is 0.517. The highest BCUT2D eigenvalue weighted by atomic mass is 14.9. The molecule has 1 aromatic heterocycles. The molecule has 2 atom stereocenters. The number of pyridine rings is 1. The highest BCUT2D eigenvalue weighted by molar-refractivity contribution is 5.78. The molecule has 0 aliphatic carbocycles. The number of hydrogen-bond acceptors (Lipinski definition) is 2. The van der Waals surface area contributed by atoms with Gasteiger partial charge < -0.3 is 5.32 Å². The van der Waals surface area contributed by atoms with Crippen LogP contribution in [-0.2, 0) is 6.42 Å². The molecular weight excluding hydrogens is 232 g/mol. The summed E-state index contributed by atoms with van der Waals surface area (Å²) in [5, 5.41) is 4.81. The molecule has 0 spiro atoms. The molecule has 0 bridgehead atoms. The second-order valence-corrected chi connectivity index (χ2v) is 5.25. The first-order valence-corrected chi connectivity index (χ1v) is 7.32. The summed E-state index contributed by atoms with van der Waals surface area (Å²) in [6.07, 6.45) is 2.21. The quantitative estimate of drug-likeness (QED) is 0.850. The number of fused-ring (bicyclic) bond motifs is 1. The molecule has 0 saturated heterocycles. The summed E-state index contributed by atoms with van der Waals surface area (Å²) in [6.45, 7) is 7.75. The fraction of sp³-hybridized carbons (Fsp3) is 0.471. The van der Waals surface area contributed by atoms with Crippen molar-refractivity contribution in [1.29, 1.82) is 0 Å². The third-order valence-corrected chi connectivity index (χ3v) is 3.88. The molecule has 1 aromatic carbocycles. The van der Waals surface area contributed by atoms with Crippen LogP contribution in [0.3, 0.4) is 0 Å². The molecule has 0 aliphatic rings. The Kier molecular flexibility index (Phi) is 4.92. The van der Waals surface area contributed by atoms with E-state index in [2.05, 4.69) is 62.5 Å². The number of benzene rings is 1. The summed E-state index contributed by atoms with van der Waals surface area (Å²) in [5.41, 5.74) is 2.28. The SMILES string of the molecule is CCNC(Cc1ccc2ccccc2n1)C(C)CC. The van der Waals surface area contributed by atoms with Crippen molar-refractivity contribution in [3.8, 4) is 0 Å². The molecule has 1 N–H and O–H groups in total. The molecule has 0 saturated carbocycles. The van der Waals surface area contributed by atoms with Gasteiger partial charge in [0.25, 0.3) is 0 Å². The van der Waals surface area contributed by atoms with Crippen molar-refractivity contribution in [3.63, 3.8) is 0 Å². The molecule has 2 aromatic rings. The Labute approximate surface area is 116 Å². The van der Waals surface area contributed by atoms with Crippen LogP contribution in [0.25, 0.3) is 10.9 Å². The fourth-order valence-corrected chi connectivity index (χ4v) is 2.47. The van der Waals surface area contributed by atoms with E-state index in [0.29, 0.717) is 12.0 Å². The summed E-state index contributed by atoms with van der Waals surface area (Å²) in [6, 6.07) is 13.2. The Morgan fingerprint density at radius 3 is 2.63 bits per heavy atom. The van der Waals surface area contributed by atoms with Crippen molar-refractivity contribution >= 4 is 10.9 Å². The van der Waals surface area contributed by atoms with Crippen LogP contribution in [0.15, 0.2) is 36.4 Å². The van der Waals surface area contributed by atoms with Gasteiger partial charge in [0.05, 0.1) is 5.52 Å². The number of para-hydroxylation sites is 1. The maximum Gasteiger partial charge on any atom is 0.0705 e. The molecule has 2 rings (SSSR count). The summed E-state index contributed by atoms with van der Waals surface area (Å²) in [5.74, 6) is 0.674. The highest BCUT2D eigenvalue weighted by Crippen LogP contribution is 2.16. The number of nitrogens with zero attached hydrogens (tertiary/aromatic N) is 1. The lowest BCUT2D eigenvalue weighted by Crippen LogP contribution is -2.36. The fourth-order valence-electron chi connectivity index (χ4n) is 2.47. The summed E-state index contributed by atoms with van der Waals surface area (Å²) < 4.78 is 0. The first kappa shape index (κ1) is 14.0. The maximum absolute atomic E-state index is 4.77. The third kappa shape index (κ3) is 3.54. The van der Waals surface area contributed by atoms with Gasteiger partial charge in [-0.15, -0.1) is 0 Å². The number of hydrogen-bond donors (Lipinski definition) is 1. The van der Waals surface area contributed by atoms with Crippen molar-refractivity contribution in [2.75, 3.05) is 6.54 Å². The van der Waals surface area contributed by atoms with E-state index in [1.54, 1.807) is 0 Å². The Hall–Kier alpha value is -1.41. The van der Waals surface area contributed by atoms with Crippen LogP contribution in [0.5, 0.6) is 0 Å². The van der Waals surface area contributed by atoms with E-state index in [-0.39, 0.29) is 0 Å². The van der Waals surface area contributed by atoms with Gasteiger partial charge in [0.2, 0.25) is 0 Å². The topological polar surface area (TPSA) is 24.9 Å². The largest absolute Gasteiger partial charge is 0.314 e. The lowest BCUT2D eigenvalue weighted by atomic mass is 9.94. The molecule has 1 heterocycles. The van der Waals surface area contributed by atoms with Crippen LogP contribution in [0, 0.1) is 5.92 Å². The van der Waals surface area contributed by atoms with Gasteiger partial charge in [-0.25, -0.2) is 0 Å². The van der Waals surface area contributed by atoms with E-state index in [9.17, 15) is 0 Å². The number of likely N-dealkylation sites (N-methyl/N-ethyl adjacent to an activating group) is 1. The Morgan fingerprint density at radius 2 is 1.89 bits per heavy atom. The van der Waals surface area contributed by atoms with E-state index in [4.69, 9.17) is 4.98 Å². The summed E-state index contributed by atoms with van der Waals surface area (Å²) in [4.78, 5) is 4.77. The minimum Gasteiger partial charge on any atom is -0.314 e. The first-order valence-electron chi connectivity index (χ1n) is 7.32. The smallest absolute Gasteiger partial charge is 0.0705 e. The molecule has 19 heavy (non-hydrogen) atoms.